The topological polar surface area (TPSA) is 92.0 Å². The minimum Gasteiger partial charge on any atom is -0.387 e. The van der Waals surface area contributed by atoms with Crippen molar-refractivity contribution in [2.75, 3.05) is 6.61 Å². The number of nitrogens with zero attached hydrogens (tertiary/aromatic N) is 2. The first-order chi connectivity index (χ1) is 9.77. The number of aliphatic hydroxyl groups is 1. The summed E-state index contributed by atoms with van der Waals surface area (Å²) in [5.74, 6) is 0. The van der Waals surface area contributed by atoms with Crippen LogP contribution in [0.15, 0.2) is 17.4 Å². The van der Waals surface area contributed by atoms with Crippen molar-refractivity contribution in [3.63, 3.8) is 0 Å². The molecule has 0 aromatic carbocycles. The van der Waals surface area contributed by atoms with E-state index in [2.05, 4.69) is 6.58 Å². The second kappa shape index (κ2) is 5.18. The predicted molar refractivity (Wildman–Crippen MR) is 78.0 cm³/mol. The third-order valence-electron chi connectivity index (χ3n) is 3.93. The second-order valence-electron chi connectivity index (χ2n) is 5.72. The Morgan fingerprint density at radius 2 is 2.14 bits per heavy atom. The van der Waals surface area contributed by atoms with Crippen LogP contribution in [0.2, 0.25) is 0 Å². The van der Waals surface area contributed by atoms with E-state index in [9.17, 15) is 9.90 Å². The van der Waals surface area contributed by atoms with Gasteiger partial charge >= 0.3 is 5.69 Å². The van der Waals surface area contributed by atoms with Gasteiger partial charge in [-0.25, -0.2) is 4.79 Å². The number of allylic oxidation sites excluding steroid dienone is 1. The van der Waals surface area contributed by atoms with Crippen molar-refractivity contribution in [2.45, 2.75) is 31.6 Å². The summed E-state index contributed by atoms with van der Waals surface area (Å²) in [4.78, 5) is 12.4. The van der Waals surface area contributed by atoms with Crippen molar-refractivity contribution in [3.05, 3.63) is 33.8 Å². The number of hydrogen-bond donors (Lipinski definition) is 3. The van der Waals surface area contributed by atoms with Crippen LogP contribution in [0.1, 0.15) is 13.8 Å². The number of hydroxylamine groups is 1. The summed E-state index contributed by atoms with van der Waals surface area (Å²) < 4.78 is 8.33. The van der Waals surface area contributed by atoms with E-state index in [0.717, 1.165) is 0 Å². The molecule has 1 aromatic rings. The molecule has 3 N–H and O–H groups in total. The first kappa shape index (κ1) is 15.6. The molecule has 7 heteroatoms. The highest BCUT2D eigenvalue weighted by Crippen LogP contribution is 2.39. The predicted octanol–water partition coefficient (Wildman–Crippen LogP) is -1.59. The van der Waals surface area contributed by atoms with E-state index in [1.54, 1.807) is 33.0 Å². The molecule has 1 saturated heterocycles. The lowest BCUT2D eigenvalue weighted by Crippen LogP contribution is -2.47. The number of rotatable bonds is 5. The molecule has 1 aliphatic heterocycles. The van der Waals surface area contributed by atoms with Gasteiger partial charge in [-0.1, -0.05) is 12.7 Å². The van der Waals surface area contributed by atoms with Crippen LogP contribution in [0.4, 0.5) is 0 Å². The molecule has 1 fully saturated rings. The lowest BCUT2D eigenvalue weighted by atomic mass is 9.91. The zero-order valence-corrected chi connectivity index (χ0v) is 12.5. The fraction of sp³-hybridized carbons (Fsp3) is 0.500. The van der Waals surface area contributed by atoms with E-state index in [0.29, 0.717) is 17.3 Å². The normalized spacial score (nSPS) is 23.5. The highest BCUT2D eigenvalue weighted by atomic mass is 16.6. The van der Waals surface area contributed by atoms with Gasteiger partial charge in [0.2, 0.25) is 0 Å². The van der Waals surface area contributed by atoms with Crippen LogP contribution in [0.5, 0.6) is 0 Å². The van der Waals surface area contributed by atoms with Crippen LogP contribution in [0, 0.1) is 0 Å². The maximum atomic E-state index is 12.4. The molecule has 21 heavy (non-hydrogen) atoms. The molecule has 116 valence electrons. The lowest BCUT2D eigenvalue weighted by Gasteiger charge is -2.26. The third kappa shape index (κ3) is 2.55. The van der Waals surface area contributed by atoms with E-state index < -0.39 is 11.2 Å². The Balaban J connectivity index is 2.64. The van der Waals surface area contributed by atoms with Gasteiger partial charge < -0.3 is 9.84 Å². The van der Waals surface area contributed by atoms with Crippen molar-refractivity contribution in [1.82, 2.24) is 14.6 Å². The minimum absolute atomic E-state index is 0.196. The quantitative estimate of drug-likeness (QED) is 0.450. The van der Waals surface area contributed by atoms with Gasteiger partial charge in [0.1, 0.15) is 5.60 Å². The molecule has 0 amide bonds. The van der Waals surface area contributed by atoms with Crippen LogP contribution >= 0.6 is 0 Å². The fourth-order valence-electron chi connectivity index (χ4n) is 2.35. The number of epoxide rings is 1. The molecule has 0 bridgehead atoms. The van der Waals surface area contributed by atoms with Crippen LogP contribution in [-0.2, 0) is 18.3 Å². The number of aromatic nitrogens is 2. The Bertz CT molecular complexity index is 717. The number of ether oxygens (including phenoxy) is 1. The van der Waals surface area contributed by atoms with Crippen LogP contribution in [0.25, 0.3) is 12.3 Å². The SMILES string of the molecule is C=C/C=c1\c(=C/NO)n(CC2(C(C)(C)O)CO2)c(=O)n1C. The molecule has 0 saturated carbocycles. The summed E-state index contributed by atoms with van der Waals surface area (Å²) in [6.45, 7) is 7.50. The van der Waals surface area contributed by atoms with Gasteiger partial charge in [-0.15, -0.1) is 0 Å². The Kier molecular flexibility index (Phi) is 3.83. The molecule has 1 aliphatic rings. The van der Waals surface area contributed by atoms with Crippen molar-refractivity contribution < 1.29 is 15.1 Å². The highest BCUT2D eigenvalue weighted by molar-refractivity contribution is 5.34. The molecule has 2 heterocycles. The molecular formula is C14H21N3O4. The second-order valence-corrected chi connectivity index (χ2v) is 5.72. The van der Waals surface area contributed by atoms with Crippen LogP contribution in [-0.4, -0.2) is 37.3 Å². The monoisotopic (exact) mass is 295 g/mol. The first-order valence-corrected chi connectivity index (χ1v) is 6.62. The van der Waals surface area contributed by atoms with E-state index in [4.69, 9.17) is 9.94 Å². The van der Waals surface area contributed by atoms with Crippen LogP contribution in [0.3, 0.4) is 0 Å². The Labute approximate surface area is 122 Å². The van der Waals surface area contributed by atoms with Gasteiger partial charge in [-0.2, -0.15) is 0 Å². The van der Waals surface area contributed by atoms with Crippen molar-refractivity contribution in [1.29, 1.82) is 0 Å². The molecule has 2 rings (SSSR count). The van der Waals surface area contributed by atoms with Crippen LogP contribution < -0.4 is 21.9 Å². The van der Waals surface area contributed by atoms with Gasteiger partial charge in [0, 0.05) is 7.05 Å². The van der Waals surface area contributed by atoms with Gasteiger partial charge in [0.15, 0.2) is 0 Å². The zero-order chi connectivity index (χ0) is 15.8. The molecule has 0 radical (unpaired) electrons. The lowest BCUT2D eigenvalue weighted by molar-refractivity contribution is -0.0144. The number of nitrogens with one attached hydrogen (secondary N) is 1. The summed E-state index contributed by atoms with van der Waals surface area (Å²) in [5, 5.41) is 20.3. The molecule has 1 unspecified atom stereocenters. The number of hydrogen-bond acceptors (Lipinski definition) is 5. The Morgan fingerprint density at radius 1 is 1.52 bits per heavy atom. The summed E-state index contributed by atoms with van der Waals surface area (Å²) in [6, 6.07) is 0. The maximum Gasteiger partial charge on any atom is 0.328 e. The standard InChI is InChI=1S/C14H21N3O4/c1-5-6-10-11(7-15-20)17(12(18)16(10)4)8-14(9-21-14)13(2,3)19/h5-7,15,19-20H,1,8-9H2,2-4H3/b10-6+,11-7+. The van der Waals surface area contributed by atoms with Crippen molar-refractivity contribution in [2.24, 2.45) is 7.05 Å². The third-order valence-corrected chi connectivity index (χ3v) is 3.93. The first-order valence-electron chi connectivity index (χ1n) is 6.62. The Morgan fingerprint density at radius 3 is 2.57 bits per heavy atom. The van der Waals surface area contributed by atoms with Gasteiger partial charge in [-0.05, 0) is 19.9 Å². The fourth-order valence-corrected chi connectivity index (χ4v) is 2.35. The summed E-state index contributed by atoms with van der Waals surface area (Å²) in [5.41, 5.74) is -0.172. The summed E-state index contributed by atoms with van der Waals surface area (Å²) >= 11 is 0. The molecular weight excluding hydrogens is 274 g/mol. The molecule has 0 spiro atoms. The molecule has 1 aromatic heterocycles. The van der Waals surface area contributed by atoms with E-state index >= 15 is 0 Å². The van der Waals surface area contributed by atoms with Gasteiger partial charge in [-0.3, -0.25) is 19.8 Å². The molecule has 7 nitrogen and oxygen atoms in total. The molecule has 1 atom stereocenters. The average molecular weight is 295 g/mol. The molecule has 0 aliphatic carbocycles. The highest BCUT2D eigenvalue weighted by Gasteiger charge is 2.56. The number of imidazole rings is 1. The van der Waals surface area contributed by atoms with Crippen molar-refractivity contribution in [3.8, 4) is 0 Å². The smallest absolute Gasteiger partial charge is 0.328 e. The van der Waals surface area contributed by atoms with E-state index in [-0.39, 0.29) is 12.2 Å². The maximum absolute atomic E-state index is 12.4. The average Bonchev–Trinajstić information content (AvgIpc) is 3.15. The largest absolute Gasteiger partial charge is 0.387 e. The summed E-state index contributed by atoms with van der Waals surface area (Å²) in [6.07, 6.45) is 4.55. The zero-order valence-electron chi connectivity index (χ0n) is 12.5. The van der Waals surface area contributed by atoms with E-state index in [1.165, 1.54) is 15.3 Å². The summed E-state index contributed by atoms with van der Waals surface area (Å²) in [7, 11) is 1.63. The van der Waals surface area contributed by atoms with E-state index in [1.807, 2.05) is 5.48 Å². The van der Waals surface area contributed by atoms with Gasteiger partial charge in [0.05, 0.1) is 35.7 Å². The Hall–Kier alpha value is -1.83. The van der Waals surface area contributed by atoms with Crippen molar-refractivity contribution >= 4 is 12.3 Å². The van der Waals surface area contributed by atoms with Gasteiger partial charge in [0.25, 0.3) is 0 Å². The minimum atomic E-state index is -1.07.